The Bertz CT molecular complexity index is 183. The van der Waals surface area contributed by atoms with Gasteiger partial charge in [0, 0.05) is 4.91 Å². The van der Waals surface area contributed by atoms with Crippen LogP contribution < -0.4 is 0 Å². The van der Waals surface area contributed by atoms with Crippen molar-refractivity contribution in [3.8, 4) is 0 Å². The van der Waals surface area contributed by atoms with Gasteiger partial charge in [-0.3, -0.25) is 4.21 Å². The molecule has 64 valence electrons. The Hall–Kier alpha value is -0.410. The summed E-state index contributed by atoms with van der Waals surface area (Å²) < 4.78 is 21.0. The van der Waals surface area contributed by atoms with Crippen molar-refractivity contribution in [1.82, 2.24) is 0 Å². The summed E-state index contributed by atoms with van der Waals surface area (Å²) in [4.78, 5) is 0.384. The van der Waals surface area contributed by atoms with Gasteiger partial charge in [0.25, 0.3) is 0 Å². The molecule has 0 aromatic rings. The molecule has 0 aliphatic carbocycles. The highest BCUT2D eigenvalue weighted by Crippen LogP contribution is 2.04. The first kappa shape index (κ1) is 10.6. The molecule has 0 aromatic heterocycles. The van der Waals surface area contributed by atoms with Crippen molar-refractivity contribution in [3.63, 3.8) is 0 Å². The normalized spacial score (nSPS) is 15.7. The molecule has 0 aliphatic rings. The van der Waals surface area contributed by atoms with Crippen LogP contribution in [0.25, 0.3) is 0 Å². The second-order valence-electron chi connectivity index (χ2n) is 2.13. The third-order valence-electron chi connectivity index (χ3n) is 1.16. The minimum atomic E-state index is -2.08. The van der Waals surface area contributed by atoms with Crippen molar-refractivity contribution < 1.29 is 8.76 Å². The number of unbranched alkanes of at least 4 members (excludes halogenated alkanes) is 1. The van der Waals surface area contributed by atoms with Crippen LogP contribution in [0, 0.1) is 0 Å². The second-order valence-corrected chi connectivity index (χ2v) is 3.07. The van der Waals surface area contributed by atoms with Crippen molar-refractivity contribution in [2.75, 3.05) is 0 Å². The van der Waals surface area contributed by atoms with Crippen molar-refractivity contribution >= 4 is 11.1 Å². The molecule has 0 radical (unpaired) electrons. The predicted molar refractivity (Wildman–Crippen MR) is 46.7 cm³/mol. The predicted octanol–water partition coefficient (Wildman–Crippen LogP) is 2.13. The van der Waals surface area contributed by atoms with Gasteiger partial charge < -0.3 is 4.55 Å². The largest absolute Gasteiger partial charge is 0.768 e. The molecule has 0 bridgehead atoms. The van der Waals surface area contributed by atoms with Crippen molar-refractivity contribution in [2.24, 2.45) is 0 Å². The first-order valence-corrected chi connectivity index (χ1v) is 4.72. The lowest BCUT2D eigenvalue weighted by Gasteiger charge is -2.04. The van der Waals surface area contributed by atoms with Gasteiger partial charge in [0.05, 0.1) is 0 Å². The summed E-state index contributed by atoms with van der Waals surface area (Å²) in [5.41, 5.74) is 0. The molecule has 3 heteroatoms. The van der Waals surface area contributed by atoms with E-state index in [1.807, 2.05) is 6.92 Å². The van der Waals surface area contributed by atoms with E-state index in [1.165, 1.54) is 0 Å². The molecular weight excluding hydrogens is 160 g/mol. The van der Waals surface area contributed by atoms with Gasteiger partial charge in [-0.05, 0) is 24.4 Å². The van der Waals surface area contributed by atoms with Crippen LogP contribution in [0.5, 0.6) is 0 Å². The smallest absolute Gasteiger partial charge is 0.0205 e. The van der Waals surface area contributed by atoms with E-state index in [-0.39, 0.29) is 0 Å². The molecule has 0 fully saturated rings. The lowest BCUT2D eigenvalue weighted by molar-refractivity contribution is 0.544. The van der Waals surface area contributed by atoms with Gasteiger partial charge in [-0.25, -0.2) is 0 Å². The van der Waals surface area contributed by atoms with Gasteiger partial charge in [-0.2, -0.15) is 0 Å². The van der Waals surface area contributed by atoms with E-state index in [9.17, 15) is 8.76 Å². The Morgan fingerprint density at radius 2 is 2.27 bits per heavy atom. The third-order valence-corrected chi connectivity index (χ3v) is 1.85. The zero-order valence-corrected chi connectivity index (χ0v) is 7.69. The Morgan fingerprint density at radius 1 is 1.64 bits per heavy atom. The van der Waals surface area contributed by atoms with Crippen molar-refractivity contribution in [2.45, 2.75) is 26.7 Å². The fourth-order valence-electron chi connectivity index (χ4n) is 0.643. The maximum atomic E-state index is 10.5. The molecule has 0 saturated heterocycles. The number of hydrogen-bond acceptors (Lipinski definition) is 2. The van der Waals surface area contributed by atoms with E-state index in [4.69, 9.17) is 0 Å². The fraction of sp³-hybridized carbons (Fsp3) is 0.500. The summed E-state index contributed by atoms with van der Waals surface area (Å²) in [6.07, 6.45) is 6.82. The van der Waals surface area contributed by atoms with Crippen molar-refractivity contribution in [1.29, 1.82) is 0 Å². The van der Waals surface area contributed by atoms with E-state index in [0.717, 1.165) is 12.8 Å². The molecule has 1 unspecified atom stereocenters. The summed E-state index contributed by atoms with van der Waals surface area (Å²) in [5, 5.41) is 0. The molecule has 0 N–H and O–H groups in total. The SMILES string of the molecule is CC=CC(=CCCC)S(=O)[O-]. The van der Waals surface area contributed by atoms with Crippen LogP contribution in [0.1, 0.15) is 26.7 Å². The molecule has 0 heterocycles. The summed E-state index contributed by atoms with van der Waals surface area (Å²) >= 11 is -2.08. The standard InChI is InChI=1S/C8H14O2S/c1-3-5-7-8(6-4-2)11(9)10/h4,6-7H,3,5H2,1-2H3,(H,9,10)/p-1. The Kier molecular flexibility index (Phi) is 6.07. The fourth-order valence-corrected chi connectivity index (χ4v) is 1.14. The lowest BCUT2D eigenvalue weighted by Crippen LogP contribution is -1.89. The molecule has 11 heavy (non-hydrogen) atoms. The molecular formula is C8H13O2S-. The molecule has 2 nitrogen and oxygen atoms in total. The third kappa shape index (κ3) is 4.93. The van der Waals surface area contributed by atoms with E-state index in [1.54, 1.807) is 25.2 Å². The zero-order chi connectivity index (χ0) is 8.69. The van der Waals surface area contributed by atoms with Gasteiger partial charge in [-0.15, -0.1) is 0 Å². The van der Waals surface area contributed by atoms with Crippen LogP contribution in [-0.4, -0.2) is 8.76 Å². The van der Waals surface area contributed by atoms with E-state index >= 15 is 0 Å². The topological polar surface area (TPSA) is 40.1 Å². The van der Waals surface area contributed by atoms with Gasteiger partial charge in [0.1, 0.15) is 0 Å². The zero-order valence-electron chi connectivity index (χ0n) is 6.87. The van der Waals surface area contributed by atoms with Gasteiger partial charge in [-0.1, -0.05) is 31.6 Å². The van der Waals surface area contributed by atoms with Crippen molar-refractivity contribution in [3.05, 3.63) is 23.1 Å². The second kappa shape index (κ2) is 6.31. The van der Waals surface area contributed by atoms with E-state index in [0.29, 0.717) is 4.91 Å². The molecule has 0 amide bonds. The molecule has 0 aliphatic heterocycles. The van der Waals surface area contributed by atoms with Gasteiger partial charge in [0.15, 0.2) is 0 Å². The lowest BCUT2D eigenvalue weighted by atomic mass is 10.3. The Balaban J connectivity index is 4.20. The van der Waals surface area contributed by atoms with Crippen LogP contribution in [-0.2, 0) is 11.1 Å². The average Bonchev–Trinajstić information content (AvgIpc) is 1.97. The average molecular weight is 173 g/mol. The summed E-state index contributed by atoms with van der Waals surface area (Å²) in [6, 6.07) is 0. The van der Waals surface area contributed by atoms with E-state index in [2.05, 4.69) is 0 Å². The highest BCUT2D eigenvalue weighted by Gasteiger charge is 1.88. The van der Waals surface area contributed by atoms with Crippen LogP contribution in [0.2, 0.25) is 0 Å². The van der Waals surface area contributed by atoms with Gasteiger partial charge in [0.2, 0.25) is 0 Å². The molecule has 0 spiro atoms. The Morgan fingerprint density at radius 3 is 2.64 bits per heavy atom. The van der Waals surface area contributed by atoms with Crippen LogP contribution in [0.3, 0.4) is 0 Å². The highest BCUT2D eigenvalue weighted by molar-refractivity contribution is 7.83. The number of hydrogen-bond donors (Lipinski definition) is 0. The molecule has 0 aromatic carbocycles. The molecule has 0 rings (SSSR count). The first-order valence-electron chi connectivity index (χ1n) is 3.64. The van der Waals surface area contributed by atoms with Crippen LogP contribution >= 0.6 is 0 Å². The van der Waals surface area contributed by atoms with Crippen LogP contribution in [0.15, 0.2) is 23.1 Å². The molecule has 1 atom stereocenters. The first-order chi connectivity index (χ1) is 5.22. The molecule has 0 saturated carbocycles. The Labute approximate surface area is 70.3 Å². The monoisotopic (exact) mass is 173 g/mol. The van der Waals surface area contributed by atoms with E-state index < -0.39 is 11.1 Å². The highest BCUT2D eigenvalue weighted by atomic mass is 32.2. The maximum absolute atomic E-state index is 10.5. The number of rotatable bonds is 4. The maximum Gasteiger partial charge on any atom is 0.0205 e. The summed E-state index contributed by atoms with van der Waals surface area (Å²) in [6.45, 7) is 3.81. The number of allylic oxidation sites excluding steroid dienone is 3. The quantitative estimate of drug-likeness (QED) is 0.482. The summed E-state index contributed by atoms with van der Waals surface area (Å²) in [7, 11) is 0. The minimum Gasteiger partial charge on any atom is -0.768 e. The minimum absolute atomic E-state index is 0.384. The summed E-state index contributed by atoms with van der Waals surface area (Å²) in [5.74, 6) is 0. The van der Waals surface area contributed by atoms with Gasteiger partial charge >= 0.3 is 0 Å². The van der Waals surface area contributed by atoms with Crippen LogP contribution in [0.4, 0.5) is 0 Å².